The summed E-state index contributed by atoms with van der Waals surface area (Å²) in [6, 6.07) is 6.95. The summed E-state index contributed by atoms with van der Waals surface area (Å²) < 4.78 is 27.8. The zero-order chi connectivity index (χ0) is 17.5. The van der Waals surface area contributed by atoms with Crippen molar-refractivity contribution in [3.8, 4) is 5.75 Å². The van der Waals surface area contributed by atoms with Crippen LogP contribution in [-0.2, 0) is 14.6 Å². The molecule has 0 spiro atoms. The number of rotatable bonds is 9. The number of hydrogen-bond acceptors (Lipinski definition) is 5. The molecule has 6 nitrogen and oxygen atoms in total. The molecule has 0 aliphatic heterocycles. The quantitative estimate of drug-likeness (QED) is 0.654. The molecule has 0 radical (unpaired) electrons. The Balaban J connectivity index is 2.36. The summed E-state index contributed by atoms with van der Waals surface area (Å²) in [5.74, 6) is 0.692. The molecule has 3 N–H and O–H groups in total. The fraction of sp³-hybridized carbons (Fsp3) is 0.562. The second kappa shape index (κ2) is 8.88. The average molecular weight is 342 g/mol. The summed E-state index contributed by atoms with van der Waals surface area (Å²) in [5, 5.41) is 2.65. The third-order valence-electron chi connectivity index (χ3n) is 3.34. The minimum Gasteiger partial charge on any atom is -0.491 e. The van der Waals surface area contributed by atoms with Crippen LogP contribution in [0.5, 0.6) is 5.75 Å². The van der Waals surface area contributed by atoms with Gasteiger partial charge in [0.25, 0.3) is 0 Å². The molecule has 7 heteroatoms. The van der Waals surface area contributed by atoms with Gasteiger partial charge in [0.2, 0.25) is 5.91 Å². The minimum absolute atomic E-state index is 0.0974. The van der Waals surface area contributed by atoms with Crippen LogP contribution in [0, 0.1) is 0 Å². The fourth-order valence-corrected chi connectivity index (χ4v) is 2.71. The molecule has 23 heavy (non-hydrogen) atoms. The molecule has 1 amide bonds. The number of carbonyl (C=O) groups is 1. The third kappa shape index (κ3) is 7.47. The molecule has 130 valence electrons. The van der Waals surface area contributed by atoms with Crippen LogP contribution in [0.1, 0.15) is 31.7 Å². The molecule has 1 aromatic carbocycles. The van der Waals surface area contributed by atoms with E-state index in [-0.39, 0.29) is 18.1 Å². The number of ether oxygens (including phenoxy) is 1. The molecule has 0 aliphatic rings. The molecular formula is C16H26N2O4S. The van der Waals surface area contributed by atoms with Gasteiger partial charge in [0, 0.05) is 6.26 Å². The summed E-state index contributed by atoms with van der Waals surface area (Å²) in [7, 11) is -3.11. The summed E-state index contributed by atoms with van der Waals surface area (Å²) >= 11 is 0. The minimum atomic E-state index is -3.11. The van der Waals surface area contributed by atoms with Crippen molar-refractivity contribution in [2.75, 3.05) is 25.2 Å². The number of benzene rings is 1. The Morgan fingerprint density at radius 2 is 1.96 bits per heavy atom. The SMILES string of the molecule is CC(C)c1ccccc1OCCNC(=O)C(N)CCS(C)(=O)=O. The first-order chi connectivity index (χ1) is 10.7. The topological polar surface area (TPSA) is 98.5 Å². The maximum Gasteiger partial charge on any atom is 0.237 e. The number of carbonyl (C=O) groups excluding carboxylic acids is 1. The molecule has 0 aromatic heterocycles. The van der Waals surface area contributed by atoms with E-state index < -0.39 is 15.9 Å². The molecule has 0 fully saturated rings. The van der Waals surface area contributed by atoms with E-state index in [0.717, 1.165) is 17.6 Å². The summed E-state index contributed by atoms with van der Waals surface area (Å²) in [4.78, 5) is 11.8. The zero-order valence-electron chi connectivity index (χ0n) is 13.9. The van der Waals surface area contributed by atoms with Crippen molar-refractivity contribution in [1.82, 2.24) is 5.32 Å². The summed E-state index contributed by atoms with van der Waals surface area (Å²) in [6.07, 6.45) is 1.24. The van der Waals surface area contributed by atoms with Crippen LogP contribution in [-0.4, -0.2) is 45.5 Å². The predicted molar refractivity (Wildman–Crippen MR) is 91.3 cm³/mol. The molecular weight excluding hydrogens is 316 g/mol. The zero-order valence-corrected chi connectivity index (χ0v) is 14.7. The fourth-order valence-electron chi connectivity index (χ4n) is 2.03. The second-order valence-electron chi connectivity index (χ2n) is 5.86. The van der Waals surface area contributed by atoms with E-state index in [4.69, 9.17) is 10.5 Å². The lowest BCUT2D eigenvalue weighted by Gasteiger charge is -2.15. The van der Waals surface area contributed by atoms with Crippen LogP contribution in [0.2, 0.25) is 0 Å². The van der Waals surface area contributed by atoms with Gasteiger partial charge in [-0.05, 0) is 24.0 Å². The van der Waals surface area contributed by atoms with Crippen molar-refractivity contribution in [3.05, 3.63) is 29.8 Å². The van der Waals surface area contributed by atoms with Crippen molar-refractivity contribution < 1.29 is 17.9 Å². The van der Waals surface area contributed by atoms with Gasteiger partial charge in [0.1, 0.15) is 22.2 Å². The number of sulfone groups is 1. The lowest BCUT2D eigenvalue weighted by atomic mass is 10.0. The molecule has 1 rings (SSSR count). The highest BCUT2D eigenvalue weighted by molar-refractivity contribution is 7.90. The molecule has 0 heterocycles. The Hall–Kier alpha value is -1.60. The van der Waals surface area contributed by atoms with Gasteiger partial charge < -0.3 is 15.8 Å². The predicted octanol–water partition coefficient (Wildman–Crippen LogP) is 1.07. The molecule has 0 aliphatic carbocycles. The standard InChI is InChI=1S/C16H26N2O4S/c1-12(2)13-6-4-5-7-15(13)22-10-9-18-16(19)14(17)8-11-23(3,20)21/h4-7,12,14H,8-11,17H2,1-3H3,(H,18,19). The van der Waals surface area contributed by atoms with Crippen molar-refractivity contribution in [1.29, 1.82) is 0 Å². The lowest BCUT2D eigenvalue weighted by molar-refractivity contribution is -0.122. The average Bonchev–Trinajstić information content (AvgIpc) is 2.48. The molecule has 0 saturated heterocycles. The Morgan fingerprint density at radius 3 is 2.57 bits per heavy atom. The first-order valence-electron chi connectivity index (χ1n) is 7.63. The monoisotopic (exact) mass is 342 g/mol. The maximum atomic E-state index is 11.8. The van der Waals surface area contributed by atoms with Gasteiger partial charge in [-0.15, -0.1) is 0 Å². The maximum absolute atomic E-state index is 11.8. The Bertz CT molecular complexity index is 614. The van der Waals surface area contributed by atoms with Gasteiger partial charge in [0.05, 0.1) is 18.3 Å². The van der Waals surface area contributed by atoms with E-state index in [2.05, 4.69) is 19.2 Å². The van der Waals surface area contributed by atoms with Crippen LogP contribution in [0.15, 0.2) is 24.3 Å². The number of amides is 1. The molecule has 1 atom stereocenters. The van der Waals surface area contributed by atoms with Crippen LogP contribution < -0.4 is 15.8 Å². The smallest absolute Gasteiger partial charge is 0.237 e. The van der Waals surface area contributed by atoms with Crippen molar-refractivity contribution >= 4 is 15.7 Å². The highest BCUT2D eigenvalue weighted by Gasteiger charge is 2.15. The van der Waals surface area contributed by atoms with Crippen molar-refractivity contribution in [2.24, 2.45) is 5.73 Å². The van der Waals surface area contributed by atoms with Gasteiger partial charge in [-0.25, -0.2) is 8.42 Å². The third-order valence-corrected chi connectivity index (χ3v) is 4.31. The van der Waals surface area contributed by atoms with Crippen LogP contribution >= 0.6 is 0 Å². The summed E-state index contributed by atoms with van der Waals surface area (Å²) in [6.45, 7) is 4.82. The van der Waals surface area contributed by atoms with Crippen LogP contribution in [0.25, 0.3) is 0 Å². The number of nitrogens with one attached hydrogen (secondary N) is 1. The highest BCUT2D eigenvalue weighted by atomic mass is 32.2. The van der Waals surface area contributed by atoms with E-state index >= 15 is 0 Å². The van der Waals surface area contributed by atoms with Gasteiger partial charge >= 0.3 is 0 Å². The number of nitrogens with two attached hydrogens (primary N) is 1. The highest BCUT2D eigenvalue weighted by Crippen LogP contribution is 2.25. The molecule has 1 aromatic rings. The van der Waals surface area contributed by atoms with Gasteiger partial charge in [0.15, 0.2) is 0 Å². The van der Waals surface area contributed by atoms with Crippen molar-refractivity contribution in [2.45, 2.75) is 32.2 Å². The molecule has 0 bridgehead atoms. The van der Waals surface area contributed by atoms with E-state index in [9.17, 15) is 13.2 Å². The largest absolute Gasteiger partial charge is 0.491 e. The Labute approximate surface area is 138 Å². The Morgan fingerprint density at radius 1 is 1.30 bits per heavy atom. The van der Waals surface area contributed by atoms with Crippen molar-refractivity contribution in [3.63, 3.8) is 0 Å². The van der Waals surface area contributed by atoms with Gasteiger partial charge in [-0.2, -0.15) is 0 Å². The number of hydrogen-bond donors (Lipinski definition) is 2. The van der Waals surface area contributed by atoms with E-state index in [1.165, 1.54) is 0 Å². The van der Waals surface area contributed by atoms with E-state index in [0.29, 0.717) is 19.1 Å². The first-order valence-corrected chi connectivity index (χ1v) is 9.69. The van der Waals surface area contributed by atoms with Crippen LogP contribution in [0.4, 0.5) is 0 Å². The normalized spacial score (nSPS) is 12.9. The second-order valence-corrected chi connectivity index (χ2v) is 8.12. The van der Waals surface area contributed by atoms with Gasteiger partial charge in [-0.1, -0.05) is 32.0 Å². The molecule has 1 unspecified atom stereocenters. The van der Waals surface area contributed by atoms with Gasteiger partial charge in [-0.3, -0.25) is 4.79 Å². The van der Waals surface area contributed by atoms with E-state index in [1.54, 1.807) is 0 Å². The Kier molecular flexibility index (Phi) is 7.51. The number of para-hydroxylation sites is 1. The molecule has 0 saturated carbocycles. The summed E-state index contributed by atoms with van der Waals surface area (Å²) in [5.41, 5.74) is 6.78. The van der Waals surface area contributed by atoms with E-state index in [1.807, 2.05) is 24.3 Å². The van der Waals surface area contributed by atoms with Crippen LogP contribution in [0.3, 0.4) is 0 Å². The first kappa shape index (κ1) is 19.4. The lowest BCUT2D eigenvalue weighted by Crippen LogP contribution is -2.42.